The first-order valence-corrected chi connectivity index (χ1v) is 2.67. The van der Waals surface area contributed by atoms with Gasteiger partial charge in [0.05, 0.1) is 6.26 Å². The fraction of sp³-hybridized carbons (Fsp3) is 0.167. The standard InChI is InChI=1S/C6H3F3O2/c7-6(8,9)5(10)4-2-1-3-11-4/h1-3H. The molecular formula is C6H3F3O2. The monoisotopic (exact) mass is 164 g/mol. The zero-order chi connectivity index (χ0) is 8.48. The molecule has 0 spiro atoms. The maximum Gasteiger partial charge on any atom is 0.458 e. The molecule has 2 nitrogen and oxygen atoms in total. The molecule has 0 saturated heterocycles. The number of Topliss-reactive ketones (excluding diaryl/α,β-unsaturated/α-hetero) is 1. The summed E-state index contributed by atoms with van der Waals surface area (Å²) in [5.41, 5.74) is 0. The van der Waals surface area contributed by atoms with E-state index >= 15 is 0 Å². The third-order valence-electron chi connectivity index (χ3n) is 1.00. The summed E-state index contributed by atoms with van der Waals surface area (Å²) in [6, 6.07) is 2.19. The predicted molar refractivity (Wildman–Crippen MR) is 29.1 cm³/mol. The third kappa shape index (κ3) is 1.60. The van der Waals surface area contributed by atoms with E-state index in [0.29, 0.717) is 0 Å². The van der Waals surface area contributed by atoms with Crippen LogP contribution < -0.4 is 0 Å². The van der Waals surface area contributed by atoms with Crippen molar-refractivity contribution < 1.29 is 22.4 Å². The molecule has 0 N–H and O–H groups in total. The van der Waals surface area contributed by atoms with Crippen LogP contribution in [0.2, 0.25) is 0 Å². The number of halogens is 3. The lowest BCUT2D eigenvalue weighted by Crippen LogP contribution is -2.21. The second-order valence-electron chi connectivity index (χ2n) is 1.80. The van der Waals surface area contributed by atoms with Crippen molar-refractivity contribution in [1.82, 2.24) is 0 Å². The van der Waals surface area contributed by atoms with Gasteiger partial charge in [0.2, 0.25) is 0 Å². The molecule has 0 aliphatic carbocycles. The Balaban J connectivity index is 2.88. The van der Waals surface area contributed by atoms with Crippen LogP contribution in [-0.4, -0.2) is 12.0 Å². The van der Waals surface area contributed by atoms with Crippen LogP contribution in [0.25, 0.3) is 0 Å². The Kier molecular flexibility index (Phi) is 1.72. The Morgan fingerprint density at radius 2 is 2.09 bits per heavy atom. The number of carbonyl (C=O) groups excluding carboxylic acids is 1. The Morgan fingerprint density at radius 3 is 2.45 bits per heavy atom. The number of hydrogen-bond acceptors (Lipinski definition) is 2. The van der Waals surface area contributed by atoms with E-state index in [1.807, 2.05) is 0 Å². The van der Waals surface area contributed by atoms with Gasteiger partial charge < -0.3 is 4.42 Å². The van der Waals surface area contributed by atoms with Crippen molar-refractivity contribution in [2.24, 2.45) is 0 Å². The Bertz CT molecular complexity index is 247. The summed E-state index contributed by atoms with van der Waals surface area (Å²) < 4.78 is 39.1. The third-order valence-corrected chi connectivity index (χ3v) is 1.00. The first-order valence-electron chi connectivity index (χ1n) is 2.67. The quantitative estimate of drug-likeness (QED) is 0.594. The van der Waals surface area contributed by atoms with Crippen LogP contribution in [0.3, 0.4) is 0 Å². The van der Waals surface area contributed by atoms with Gasteiger partial charge in [0.1, 0.15) is 0 Å². The van der Waals surface area contributed by atoms with E-state index in [1.165, 1.54) is 6.07 Å². The SMILES string of the molecule is O=C(c1ccco1)C(F)(F)F. The molecule has 0 amide bonds. The van der Waals surface area contributed by atoms with Crippen LogP contribution in [0, 0.1) is 0 Å². The molecule has 1 heterocycles. The largest absolute Gasteiger partial charge is 0.461 e. The van der Waals surface area contributed by atoms with Crippen molar-refractivity contribution in [3.63, 3.8) is 0 Å². The Labute approximate surface area is 59.6 Å². The smallest absolute Gasteiger partial charge is 0.458 e. The lowest BCUT2D eigenvalue weighted by Gasteiger charge is -1.99. The molecule has 0 atom stereocenters. The van der Waals surface area contributed by atoms with E-state index < -0.39 is 17.7 Å². The summed E-state index contributed by atoms with van der Waals surface area (Å²) in [6.07, 6.45) is -3.84. The van der Waals surface area contributed by atoms with Gasteiger partial charge in [-0.2, -0.15) is 13.2 Å². The fourth-order valence-corrected chi connectivity index (χ4v) is 0.547. The highest BCUT2D eigenvalue weighted by atomic mass is 19.4. The highest BCUT2D eigenvalue weighted by Gasteiger charge is 2.40. The van der Waals surface area contributed by atoms with Crippen LogP contribution in [0.1, 0.15) is 10.6 Å². The van der Waals surface area contributed by atoms with E-state index in [1.54, 1.807) is 0 Å². The lowest BCUT2D eigenvalue weighted by atomic mass is 10.3. The summed E-state index contributed by atoms with van der Waals surface area (Å²) in [6.45, 7) is 0. The average Bonchev–Trinajstić information content (AvgIpc) is 2.34. The van der Waals surface area contributed by atoms with Crippen LogP contribution in [-0.2, 0) is 0 Å². The number of hydrogen-bond donors (Lipinski definition) is 0. The van der Waals surface area contributed by atoms with Crippen molar-refractivity contribution in [2.75, 3.05) is 0 Å². The van der Waals surface area contributed by atoms with Crippen LogP contribution >= 0.6 is 0 Å². The number of rotatable bonds is 1. The van der Waals surface area contributed by atoms with Gasteiger partial charge in [0.15, 0.2) is 5.76 Å². The van der Waals surface area contributed by atoms with Gasteiger partial charge in [-0.1, -0.05) is 0 Å². The Hall–Kier alpha value is -1.26. The van der Waals surface area contributed by atoms with Crippen LogP contribution in [0.15, 0.2) is 22.8 Å². The van der Waals surface area contributed by atoms with Gasteiger partial charge in [-0.15, -0.1) is 0 Å². The predicted octanol–water partition coefficient (Wildman–Crippen LogP) is 2.02. The summed E-state index contributed by atoms with van der Waals surface area (Å²) in [7, 11) is 0. The van der Waals surface area contributed by atoms with E-state index in [4.69, 9.17) is 0 Å². The maximum absolute atomic E-state index is 11.6. The molecule has 0 fully saturated rings. The summed E-state index contributed by atoms with van der Waals surface area (Å²) in [5, 5.41) is 0. The number of alkyl halides is 3. The molecular weight excluding hydrogens is 161 g/mol. The molecule has 1 rings (SSSR count). The van der Waals surface area contributed by atoms with E-state index in [9.17, 15) is 18.0 Å². The second kappa shape index (κ2) is 2.41. The van der Waals surface area contributed by atoms with Crippen molar-refractivity contribution in [2.45, 2.75) is 6.18 Å². The number of carbonyl (C=O) groups is 1. The molecule has 0 radical (unpaired) electrons. The van der Waals surface area contributed by atoms with Crippen molar-refractivity contribution in [3.8, 4) is 0 Å². The molecule has 5 heteroatoms. The first-order chi connectivity index (χ1) is 5.02. The van der Waals surface area contributed by atoms with Crippen LogP contribution in [0.5, 0.6) is 0 Å². The molecule has 1 aromatic heterocycles. The molecule has 0 saturated carbocycles. The van der Waals surface area contributed by atoms with Crippen LogP contribution in [0.4, 0.5) is 13.2 Å². The van der Waals surface area contributed by atoms with E-state index in [2.05, 4.69) is 4.42 Å². The Morgan fingerprint density at radius 1 is 1.45 bits per heavy atom. The molecule has 0 aliphatic rings. The van der Waals surface area contributed by atoms with Crippen molar-refractivity contribution >= 4 is 5.78 Å². The average molecular weight is 164 g/mol. The topological polar surface area (TPSA) is 30.2 Å². The fourth-order valence-electron chi connectivity index (χ4n) is 0.547. The van der Waals surface area contributed by atoms with Gasteiger partial charge in [-0.3, -0.25) is 4.79 Å². The normalized spacial score (nSPS) is 11.5. The minimum absolute atomic E-state index is 0.683. The molecule has 11 heavy (non-hydrogen) atoms. The minimum Gasteiger partial charge on any atom is -0.461 e. The van der Waals surface area contributed by atoms with Crippen molar-refractivity contribution in [3.05, 3.63) is 24.2 Å². The molecule has 1 aromatic rings. The van der Waals surface area contributed by atoms with Gasteiger partial charge in [0.25, 0.3) is 0 Å². The summed E-state index contributed by atoms with van der Waals surface area (Å²) in [5.74, 6) is -2.64. The van der Waals surface area contributed by atoms with Gasteiger partial charge in [0, 0.05) is 0 Å². The first kappa shape index (κ1) is 7.84. The summed E-state index contributed by atoms with van der Waals surface area (Å²) >= 11 is 0. The van der Waals surface area contributed by atoms with Crippen molar-refractivity contribution in [1.29, 1.82) is 0 Å². The summed E-state index contributed by atoms with van der Waals surface area (Å²) in [4.78, 5) is 10.3. The minimum atomic E-state index is -4.85. The molecule has 0 bridgehead atoms. The number of furan rings is 1. The maximum atomic E-state index is 11.6. The van der Waals surface area contributed by atoms with E-state index in [-0.39, 0.29) is 0 Å². The molecule has 0 aromatic carbocycles. The zero-order valence-electron chi connectivity index (χ0n) is 5.18. The zero-order valence-corrected chi connectivity index (χ0v) is 5.18. The molecule has 60 valence electrons. The lowest BCUT2D eigenvalue weighted by molar-refractivity contribution is -0.0899. The van der Waals surface area contributed by atoms with E-state index in [0.717, 1.165) is 12.3 Å². The number of ketones is 1. The molecule has 0 aliphatic heterocycles. The molecule has 0 unspecified atom stereocenters. The highest BCUT2D eigenvalue weighted by Crippen LogP contribution is 2.21. The van der Waals surface area contributed by atoms with Gasteiger partial charge in [-0.25, -0.2) is 0 Å². The second-order valence-corrected chi connectivity index (χ2v) is 1.80. The van der Waals surface area contributed by atoms with Gasteiger partial charge >= 0.3 is 12.0 Å². The highest BCUT2D eigenvalue weighted by molar-refractivity contribution is 5.97. The van der Waals surface area contributed by atoms with Gasteiger partial charge in [-0.05, 0) is 12.1 Å².